The second kappa shape index (κ2) is 6.10. The predicted octanol–water partition coefficient (Wildman–Crippen LogP) is 1.15. The van der Waals surface area contributed by atoms with Crippen LogP contribution in [0.2, 0.25) is 0 Å². The highest BCUT2D eigenvalue weighted by molar-refractivity contribution is 7.90. The van der Waals surface area contributed by atoms with E-state index in [-0.39, 0.29) is 18.0 Å². The highest BCUT2D eigenvalue weighted by Crippen LogP contribution is 2.18. The molecule has 7 heteroatoms. The van der Waals surface area contributed by atoms with Crippen LogP contribution in [0.4, 0.5) is 14.5 Å². The molecule has 0 aromatic heterocycles. The van der Waals surface area contributed by atoms with E-state index in [4.69, 9.17) is 5.11 Å². The minimum atomic E-state index is -3.30. The highest BCUT2D eigenvalue weighted by atomic mass is 32.2. The fourth-order valence-electron chi connectivity index (χ4n) is 1.52. The van der Waals surface area contributed by atoms with Crippen molar-refractivity contribution in [2.45, 2.75) is 11.3 Å². The van der Waals surface area contributed by atoms with Crippen molar-refractivity contribution in [3.63, 3.8) is 0 Å². The minimum Gasteiger partial charge on any atom is -0.395 e. The Morgan fingerprint density at radius 2 is 1.83 bits per heavy atom. The topological polar surface area (TPSA) is 57.6 Å². The summed E-state index contributed by atoms with van der Waals surface area (Å²) in [4.78, 5) is 1.43. The van der Waals surface area contributed by atoms with Crippen LogP contribution in [0.25, 0.3) is 0 Å². The van der Waals surface area contributed by atoms with Gasteiger partial charge in [0.1, 0.15) is 0 Å². The summed E-state index contributed by atoms with van der Waals surface area (Å²) in [5.41, 5.74) is 0.455. The Hall–Kier alpha value is -1.21. The molecule has 0 saturated carbocycles. The van der Waals surface area contributed by atoms with Crippen LogP contribution in [-0.2, 0) is 9.84 Å². The van der Waals surface area contributed by atoms with Gasteiger partial charge in [0.05, 0.1) is 18.0 Å². The summed E-state index contributed by atoms with van der Waals surface area (Å²) < 4.78 is 47.2. The summed E-state index contributed by atoms with van der Waals surface area (Å²) in [6.07, 6.45) is -1.45. The van der Waals surface area contributed by atoms with Gasteiger partial charge in [-0.2, -0.15) is 0 Å². The van der Waals surface area contributed by atoms with Gasteiger partial charge in [-0.3, -0.25) is 0 Å². The molecule has 0 bridgehead atoms. The van der Waals surface area contributed by atoms with Crippen molar-refractivity contribution in [1.82, 2.24) is 0 Å². The van der Waals surface area contributed by atoms with Crippen molar-refractivity contribution in [2.24, 2.45) is 0 Å². The first-order valence-electron chi connectivity index (χ1n) is 5.28. The number of nitrogens with zero attached hydrogens (tertiary/aromatic N) is 1. The molecule has 18 heavy (non-hydrogen) atoms. The lowest BCUT2D eigenvalue weighted by atomic mass is 10.3. The minimum absolute atomic E-state index is 0.0720. The van der Waals surface area contributed by atoms with Crippen molar-refractivity contribution in [3.8, 4) is 0 Å². The van der Waals surface area contributed by atoms with Crippen molar-refractivity contribution in [2.75, 3.05) is 30.9 Å². The second-order valence-electron chi connectivity index (χ2n) is 3.83. The molecule has 0 fully saturated rings. The molecule has 0 amide bonds. The molecule has 4 nitrogen and oxygen atoms in total. The van der Waals surface area contributed by atoms with E-state index in [0.717, 1.165) is 6.26 Å². The summed E-state index contributed by atoms with van der Waals surface area (Å²) in [6.45, 7) is -0.679. The van der Waals surface area contributed by atoms with E-state index in [0.29, 0.717) is 5.69 Å². The third kappa shape index (κ3) is 4.23. The monoisotopic (exact) mass is 279 g/mol. The Labute approximate surface area is 105 Å². The lowest BCUT2D eigenvalue weighted by Gasteiger charge is -2.23. The number of alkyl halides is 2. The largest absolute Gasteiger partial charge is 0.395 e. The van der Waals surface area contributed by atoms with Gasteiger partial charge in [-0.05, 0) is 24.3 Å². The van der Waals surface area contributed by atoms with Gasteiger partial charge in [0.2, 0.25) is 0 Å². The lowest BCUT2D eigenvalue weighted by Crippen LogP contribution is -2.31. The summed E-state index contributed by atoms with van der Waals surface area (Å²) in [5, 5.41) is 8.81. The molecule has 0 aliphatic carbocycles. The average molecular weight is 279 g/mol. The molecule has 1 rings (SSSR count). The van der Waals surface area contributed by atoms with Gasteiger partial charge in [-0.15, -0.1) is 0 Å². The van der Waals surface area contributed by atoms with Crippen molar-refractivity contribution >= 4 is 15.5 Å². The van der Waals surface area contributed by atoms with Gasteiger partial charge in [0, 0.05) is 18.5 Å². The Morgan fingerprint density at radius 1 is 1.28 bits per heavy atom. The number of aliphatic hydroxyl groups excluding tert-OH is 1. The number of rotatable bonds is 6. The number of aliphatic hydroxyl groups is 1. The summed E-state index contributed by atoms with van der Waals surface area (Å²) in [6, 6.07) is 5.63. The van der Waals surface area contributed by atoms with Gasteiger partial charge >= 0.3 is 0 Å². The Morgan fingerprint density at radius 3 is 2.22 bits per heavy atom. The fourth-order valence-corrected chi connectivity index (χ4v) is 2.15. The lowest BCUT2D eigenvalue weighted by molar-refractivity contribution is 0.153. The maximum atomic E-state index is 12.3. The Kier molecular flexibility index (Phi) is 5.03. The molecule has 0 aliphatic heterocycles. The Balaban J connectivity index is 2.93. The zero-order valence-electron chi connectivity index (χ0n) is 9.88. The average Bonchev–Trinajstić information content (AvgIpc) is 2.27. The second-order valence-corrected chi connectivity index (χ2v) is 5.84. The van der Waals surface area contributed by atoms with Gasteiger partial charge < -0.3 is 10.0 Å². The molecule has 102 valence electrons. The van der Waals surface area contributed by atoms with E-state index >= 15 is 0 Å². The number of halogens is 2. The third-order valence-corrected chi connectivity index (χ3v) is 3.49. The number of sulfone groups is 1. The number of hydrogen-bond donors (Lipinski definition) is 1. The van der Waals surface area contributed by atoms with Crippen molar-refractivity contribution in [3.05, 3.63) is 24.3 Å². The summed E-state index contributed by atoms with van der Waals surface area (Å²) >= 11 is 0. The number of hydrogen-bond acceptors (Lipinski definition) is 4. The third-order valence-electron chi connectivity index (χ3n) is 2.36. The molecule has 1 aromatic rings. The van der Waals surface area contributed by atoms with Crippen LogP contribution in [0.15, 0.2) is 29.2 Å². The fraction of sp³-hybridized carbons (Fsp3) is 0.455. The molecule has 0 atom stereocenters. The van der Waals surface area contributed by atoms with Crippen LogP contribution in [0.1, 0.15) is 0 Å². The summed E-state index contributed by atoms with van der Waals surface area (Å²) in [7, 11) is -3.30. The first-order valence-corrected chi connectivity index (χ1v) is 7.18. The zero-order valence-corrected chi connectivity index (χ0v) is 10.7. The van der Waals surface area contributed by atoms with E-state index in [2.05, 4.69) is 0 Å². The molecule has 0 aliphatic rings. The van der Waals surface area contributed by atoms with Gasteiger partial charge in [0.15, 0.2) is 9.84 Å². The molecule has 0 unspecified atom stereocenters. The normalized spacial score (nSPS) is 11.8. The molecule has 1 aromatic carbocycles. The first kappa shape index (κ1) is 14.8. The van der Waals surface area contributed by atoms with E-state index < -0.39 is 22.8 Å². The van der Waals surface area contributed by atoms with E-state index in [1.807, 2.05) is 0 Å². The van der Waals surface area contributed by atoms with Crippen LogP contribution in [0, 0.1) is 0 Å². The van der Waals surface area contributed by atoms with E-state index in [9.17, 15) is 17.2 Å². The van der Waals surface area contributed by atoms with Crippen LogP contribution in [0.3, 0.4) is 0 Å². The smallest absolute Gasteiger partial charge is 0.255 e. The van der Waals surface area contributed by atoms with Crippen LogP contribution in [-0.4, -0.2) is 45.9 Å². The van der Waals surface area contributed by atoms with Crippen molar-refractivity contribution in [1.29, 1.82) is 0 Å². The van der Waals surface area contributed by atoms with Gasteiger partial charge in [-0.25, -0.2) is 17.2 Å². The maximum absolute atomic E-state index is 12.3. The molecule has 0 heterocycles. The highest BCUT2D eigenvalue weighted by Gasteiger charge is 2.13. The Bertz CT molecular complexity index is 474. The van der Waals surface area contributed by atoms with Crippen LogP contribution in [0.5, 0.6) is 0 Å². The molecule has 1 N–H and O–H groups in total. The van der Waals surface area contributed by atoms with Gasteiger partial charge in [0.25, 0.3) is 6.43 Å². The maximum Gasteiger partial charge on any atom is 0.255 e. The first-order chi connectivity index (χ1) is 8.34. The van der Waals surface area contributed by atoms with Gasteiger partial charge in [-0.1, -0.05) is 0 Å². The number of anilines is 1. The zero-order chi connectivity index (χ0) is 13.8. The standard InChI is InChI=1S/C11H15F2NO3S/c1-18(16,17)10-4-2-9(3-5-10)14(6-7-15)8-11(12)13/h2-5,11,15H,6-8H2,1H3. The van der Waals surface area contributed by atoms with Crippen LogP contribution >= 0.6 is 0 Å². The SMILES string of the molecule is CS(=O)(=O)c1ccc(N(CCO)CC(F)F)cc1. The number of benzene rings is 1. The summed E-state index contributed by atoms with van der Waals surface area (Å²) in [5.74, 6) is 0. The molecular formula is C11H15F2NO3S. The molecule has 0 spiro atoms. The predicted molar refractivity (Wildman–Crippen MR) is 64.9 cm³/mol. The molecular weight excluding hydrogens is 264 g/mol. The van der Waals surface area contributed by atoms with E-state index in [1.165, 1.54) is 29.2 Å². The molecule has 0 radical (unpaired) electrons. The van der Waals surface area contributed by atoms with Crippen molar-refractivity contribution < 1.29 is 22.3 Å². The quantitative estimate of drug-likeness (QED) is 0.849. The molecule has 0 saturated heterocycles. The van der Waals surface area contributed by atoms with E-state index in [1.54, 1.807) is 0 Å². The van der Waals surface area contributed by atoms with Crippen LogP contribution < -0.4 is 4.90 Å².